The molecule has 0 atom stereocenters. The highest BCUT2D eigenvalue weighted by Crippen LogP contribution is 2.19. The van der Waals surface area contributed by atoms with Crippen LogP contribution in [0.3, 0.4) is 0 Å². The second-order valence-corrected chi connectivity index (χ2v) is 3.46. The van der Waals surface area contributed by atoms with Crippen LogP contribution in [-0.2, 0) is 11.3 Å². The number of benzene rings is 1. The van der Waals surface area contributed by atoms with E-state index in [1.54, 1.807) is 6.07 Å². The van der Waals surface area contributed by atoms with Crippen LogP contribution in [0.25, 0.3) is 0 Å². The molecule has 0 aliphatic heterocycles. The summed E-state index contributed by atoms with van der Waals surface area (Å²) in [6.07, 6.45) is 0. The number of nitro groups is 1. The summed E-state index contributed by atoms with van der Waals surface area (Å²) < 4.78 is 9.10. The van der Waals surface area contributed by atoms with Gasteiger partial charge in [0.1, 0.15) is 6.61 Å². The number of anilines is 1. The Kier molecular flexibility index (Phi) is 3.37. The maximum atomic E-state index is 11.5. The van der Waals surface area contributed by atoms with Crippen molar-refractivity contribution in [3.05, 3.63) is 45.6 Å². The Balaban J connectivity index is 2.10. The average Bonchev–Trinajstić information content (AvgIpc) is 2.82. The van der Waals surface area contributed by atoms with Gasteiger partial charge in [-0.3, -0.25) is 10.1 Å². The third-order valence-electron chi connectivity index (χ3n) is 2.25. The lowest BCUT2D eigenvalue weighted by Gasteiger charge is -2.03. The summed E-state index contributed by atoms with van der Waals surface area (Å²) >= 11 is 0. The summed E-state index contributed by atoms with van der Waals surface area (Å²) in [6, 6.07) is 5.91. The van der Waals surface area contributed by atoms with Crippen LogP contribution in [0.15, 0.2) is 28.9 Å². The molecule has 19 heavy (non-hydrogen) atoms. The Morgan fingerprint density at radius 3 is 2.79 bits per heavy atom. The zero-order valence-electron chi connectivity index (χ0n) is 9.48. The monoisotopic (exact) mass is 264 g/mol. The molecule has 1 aromatic heterocycles. The topological polar surface area (TPSA) is 134 Å². The van der Waals surface area contributed by atoms with Crippen molar-refractivity contribution in [1.82, 2.24) is 10.3 Å². The molecule has 0 fully saturated rings. The first-order valence-electron chi connectivity index (χ1n) is 5.07. The number of esters is 1. The highest BCUT2D eigenvalue weighted by atomic mass is 16.6. The van der Waals surface area contributed by atoms with Gasteiger partial charge in [-0.2, -0.15) is 0 Å². The summed E-state index contributed by atoms with van der Waals surface area (Å²) in [5, 5.41) is 17.2. The lowest BCUT2D eigenvalue weighted by atomic mass is 10.2. The van der Waals surface area contributed by atoms with Gasteiger partial charge in [-0.15, -0.1) is 0 Å². The van der Waals surface area contributed by atoms with Crippen LogP contribution < -0.4 is 5.73 Å². The minimum absolute atomic E-state index is 0.137. The Morgan fingerprint density at radius 1 is 1.42 bits per heavy atom. The van der Waals surface area contributed by atoms with Crippen LogP contribution in [-0.4, -0.2) is 21.2 Å². The molecule has 1 heterocycles. The Labute approximate surface area is 106 Å². The normalized spacial score (nSPS) is 10.1. The predicted molar refractivity (Wildman–Crippen MR) is 60.9 cm³/mol. The first kappa shape index (κ1) is 12.5. The van der Waals surface area contributed by atoms with Gasteiger partial charge in [-0.05, 0) is 16.4 Å². The van der Waals surface area contributed by atoms with Crippen molar-refractivity contribution >= 4 is 17.5 Å². The van der Waals surface area contributed by atoms with Gasteiger partial charge >= 0.3 is 5.97 Å². The van der Waals surface area contributed by atoms with Crippen LogP contribution in [0, 0.1) is 10.1 Å². The van der Waals surface area contributed by atoms with E-state index in [-0.39, 0.29) is 29.4 Å². The molecule has 0 radical (unpaired) electrons. The maximum absolute atomic E-state index is 11.5. The third kappa shape index (κ3) is 2.65. The molecule has 0 spiro atoms. The fraction of sp³-hybridized carbons (Fsp3) is 0.100. The number of ether oxygens (including phenoxy) is 1. The fourth-order valence-electron chi connectivity index (χ4n) is 1.36. The van der Waals surface area contributed by atoms with Crippen molar-refractivity contribution in [2.75, 3.05) is 5.73 Å². The van der Waals surface area contributed by atoms with E-state index < -0.39 is 10.9 Å². The first-order valence-corrected chi connectivity index (χ1v) is 5.07. The Hall–Kier alpha value is -2.97. The minimum Gasteiger partial charge on any atom is -0.456 e. The quantitative estimate of drug-likeness (QED) is 0.489. The van der Waals surface area contributed by atoms with Crippen LogP contribution in [0.1, 0.15) is 16.1 Å². The van der Waals surface area contributed by atoms with Crippen molar-refractivity contribution in [3.8, 4) is 0 Å². The predicted octanol–water partition coefficient (Wildman–Crippen LogP) is 0.917. The van der Waals surface area contributed by atoms with Crippen LogP contribution in [0.2, 0.25) is 0 Å². The SMILES string of the molecule is Nc1nonc1C(=O)OCc1ccccc1[N+](=O)[O-]. The number of nitro benzene ring substituents is 1. The lowest BCUT2D eigenvalue weighted by Crippen LogP contribution is -2.09. The van der Waals surface area contributed by atoms with Crippen LogP contribution >= 0.6 is 0 Å². The van der Waals surface area contributed by atoms with E-state index in [2.05, 4.69) is 14.9 Å². The number of nitrogen functional groups attached to an aromatic ring is 1. The summed E-state index contributed by atoms with van der Waals surface area (Å²) in [4.78, 5) is 21.7. The van der Waals surface area contributed by atoms with E-state index in [4.69, 9.17) is 10.5 Å². The highest BCUT2D eigenvalue weighted by Gasteiger charge is 2.19. The van der Waals surface area contributed by atoms with Crippen molar-refractivity contribution in [2.45, 2.75) is 6.61 Å². The van der Waals surface area contributed by atoms with Gasteiger partial charge in [0.2, 0.25) is 11.5 Å². The molecule has 0 saturated heterocycles. The minimum atomic E-state index is -0.864. The third-order valence-corrected chi connectivity index (χ3v) is 2.25. The van der Waals surface area contributed by atoms with E-state index in [9.17, 15) is 14.9 Å². The van der Waals surface area contributed by atoms with Gasteiger partial charge in [-0.1, -0.05) is 12.1 Å². The molecular formula is C10H8N4O5. The summed E-state index contributed by atoms with van der Waals surface area (Å²) in [6.45, 7) is -0.276. The van der Waals surface area contributed by atoms with Gasteiger partial charge in [0.05, 0.1) is 10.5 Å². The van der Waals surface area contributed by atoms with Crippen molar-refractivity contribution < 1.29 is 19.1 Å². The largest absolute Gasteiger partial charge is 0.456 e. The van der Waals surface area contributed by atoms with E-state index in [0.717, 1.165) is 0 Å². The molecule has 0 amide bonds. The Morgan fingerprint density at radius 2 is 2.16 bits per heavy atom. The van der Waals surface area contributed by atoms with Gasteiger partial charge in [0.25, 0.3) is 5.69 Å². The molecule has 0 bridgehead atoms. The maximum Gasteiger partial charge on any atom is 0.364 e. The molecule has 0 unspecified atom stereocenters. The molecule has 2 rings (SSSR count). The number of nitrogens with two attached hydrogens (primary N) is 1. The van der Waals surface area contributed by atoms with Gasteiger partial charge in [-0.25, -0.2) is 9.42 Å². The molecule has 2 N–H and O–H groups in total. The van der Waals surface area contributed by atoms with E-state index >= 15 is 0 Å². The molecule has 0 saturated carbocycles. The molecule has 9 nitrogen and oxygen atoms in total. The molecule has 0 aliphatic carbocycles. The highest BCUT2D eigenvalue weighted by molar-refractivity contribution is 5.91. The summed E-state index contributed by atoms with van der Waals surface area (Å²) in [7, 11) is 0. The second kappa shape index (κ2) is 5.12. The number of carbonyl (C=O) groups is 1. The zero-order valence-corrected chi connectivity index (χ0v) is 9.48. The number of carbonyl (C=O) groups excluding carboxylic acids is 1. The number of nitrogens with zero attached hydrogens (tertiary/aromatic N) is 3. The lowest BCUT2D eigenvalue weighted by molar-refractivity contribution is -0.385. The molecular weight excluding hydrogens is 256 g/mol. The van der Waals surface area contributed by atoms with Gasteiger partial charge < -0.3 is 10.5 Å². The van der Waals surface area contributed by atoms with Crippen molar-refractivity contribution in [2.24, 2.45) is 0 Å². The van der Waals surface area contributed by atoms with Crippen LogP contribution in [0.5, 0.6) is 0 Å². The number of para-hydroxylation sites is 1. The van der Waals surface area contributed by atoms with Crippen molar-refractivity contribution in [1.29, 1.82) is 0 Å². The van der Waals surface area contributed by atoms with Gasteiger partial charge in [0.15, 0.2) is 0 Å². The summed E-state index contributed by atoms with van der Waals surface area (Å²) in [5.41, 5.74) is 5.17. The summed E-state index contributed by atoms with van der Waals surface area (Å²) in [5.74, 6) is -1.07. The number of hydrogen-bond donors (Lipinski definition) is 1. The molecule has 0 aliphatic rings. The Bertz CT molecular complexity index is 624. The van der Waals surface area contributed by atoms with E-state index in [1.807, 2.05) is 0 Å². The standard InChI is InChI=1S/C10H8N4O5/c11-9-8(12-19-13-9)10(15)18-5-6-3-1-2-4-7(6)14(16)17/h1-4H,5H2,(H2,11,13). The first-order chi connectivity index (χ1) is 9.09. The van der Waals surface area contributed by atoms with E-state index in [0.29, 0.717) is 0 Å². The molecule has 1 aromatic carbocycles. The number of rotatable bonds is 4. The van der Waals surface area contributed by atoms with Crippen LogP contribution in [0.4, 0.5) is 11.5 Å². The number of aromatic nitrogens is 2. The second-order valence-electron chi connectivity index (χ2n) is 3.46. The number of hydrogen-bond acceptors (Lipinski definition) is 8. The zero-order chi connectivity index (χ0) is 13.8. The van der Waals surface area contributed by atoms with E-state index in [1.165, 1.54) is 18.2 Å². The molecule has 2 aromatic rings. The van der Waals surface area contributed by atoms with Gasteiger partial charge in [0, 0.05) is 6.07 Å². The average molecular weight is 264 g/mol. The molecule has 9 heteroatoms. The molecule has 98 valence electrons. The smallest absolute Gasteiger partial charge is 0.364 e. The van der Waals surface area contributed by atoms with Crippen molar-refractivity contribution in [3.63, 3.8) is 0 Å². The fourth-order valence-corrected chi connectivity index (χ4v) is 1.36.